The summed E-state index contributed by atoms with van der Waals surface area (Å²) in [4.78, 5) is 21.8. The van der Waals surface area contributed by atoms with Gasteiger partial charge < -0.3 is 20.3 Å². The number of aliphatic carboxylic acids is 1. The predicted molar refractivity (Wildman–Crippen MR) is 71.3 cm³/mol. The van der Waals surface area contributed by atoms with Crippen LogP contribution in [0.5, 0.6) is 5.75 Å². The van der Waals surface area contributed by atoms with E-state index in [9.17, 15) is 9.59 Å². The first-order valence-corrected chi connectivity index (χ1v) is 6.19. The molecule has 0 saturated carbocycles. The second-order valence-corrected chi connectivity index (χ2v) is 4.40. The van der Waals surface area contributed by atoms with Gasteiger partial charge in [-0.25, -0.2) is 4.79 Å². The normalized spacial score (nSPS) is 14.7. The van der Waals surface area contributed by atoms with E-state index in [1.54, 1.807) is 6.08 Å². The Morgan fingerprint density at radius 2 is 2.25 bits per heavy atom. The van der Waals surface area contributed by atoms with Crippen LogP contribution >= 0.6 is 0 Å². The van der Waals surface area contributed by atoms with Crippen molar-refractivity contribution in [3.8, 4) is 5.75 Å². The summed E-state index contributed by atoms with van der Waals surface area (Å²) in [5.74, 6) is -0.953. The van der Waals surface area contributed by atoms with E-state index in [4.69, 9.17) is 14.9 Å². The molecule has 0 aromatic heterocycles. The first-order chi connectivity index (χ1) is 9.56. The summed E-state index contributed by atoms with van der Waals surface area (Å²) in [5, 5.41) is 19.8. The van der Waals surface area contributed by atoms with Crippen LogP contribution in [0.1, 0.15) is 11.1 Å². The number of aliphatic hydroxyl groups is 1. The zero-order valence-electron chi connectivity index (χ0n) is 10.7. The summed E-state index contributed by atoms with van der Waals surface area (Å²) in [6.07, 6.45) is 2.19. The van der Waals surface area contributed by atoms with Crippen LogP contribution < -0.4 is 10.1 Å². The van der Waals surface area contributed by atoms with Crippen molar-refractivity contribution in [2.45, 2.75) is 12.5 Å². The lowest BCUT2D eigenvalue weighted by atomic mass is 10.1. The Morgan fingerprint density at radius 1 is 1.45 bits per heavy atom. The average Bonchev–Trinajstić information content (AvgIpc) is 2.89. The first kappa shape index (κ1) is 14.1. The zero-order valence-corrected chi connectivity index (χ0v) is 10.7. The second kappa shape index (κ2) is 6.21. The Hall–Kier alpha value is -2.34. The number of hydrogen-bond donors (Lipinski definition) is 3. The number of carboxylic acid groups (broad SMARTS) is 1. The number of hydrogen-bond acceptors (Lipinski definition) is 4. The Bertz CT molecular complexity index is 552. The summed E-state index contributed by atoms with van der Waals surface area (Å²) < 4.78 is 5.38. The molecule has 3 N–H and O–H groups in total. The fourth-order valence-electron chi connectivity index (χ4n) is 1.83. The van der Waals surface area contributed by atoms with Gasteiger partial charge >= 0.3 is 5.97 Å². The molecular formula is C14H15NO5. The highest BCUT2D eigenvalue weighted by atomic mass is 16.5. The van der Waals surface area contributed by atoms with E-state index in [2.05, 4.69) is 5.32 Å². The van der Waals surface area contributed by atoms with Crippen molar-refractivity contribution in [1.82, 2.24) is 5.32 Å². The van der Waals surface area contributed by atoms with Crippen LogP contribution in [-0.4, -0.2) is 41.3 Å². The van der Waals surface area contributed by atoms with Crippen LogP contribution in [-0.2, 0) is 16.0 Å². The van der Waals surface area contributed by atoms with E-state index in [1.165, 1.54) is 6.08 Å². The molecular weight excluding hydrogens is 262 g/mol. The van der Waals surface area contributed by atoms with Crippen LogP contribution in [0, 0.1) is 0 Å². The van der Waals surface area contributed by atoms with Crippen LogP contribution in [0.2, 0.25) is 0 Å². The third-order valence-corrected chi connectivity index (χ3v) is 2.90. The van der Waals surface area contributed by atoms with Gasteiger partial charge in [-0.3, -0.25) is 4.79 Å². The minimum Gasteiger partial charge on any atom is -0.493 e. The van der Waals surface area contributed by atoms with Gasteiger partial charge in [0.05, 0.1) is 13.2 Å². The molecule has 1 aromatic rings. The number of nitrogens with one attached hydrogen (secondary N) is 1. The summed E-state index contributed by atoms with van der Waals surface area (Å²) in [5.41, 5.74) is 1.97. The molecule has 20 heavy (non-hydrogen) atoms. The zero-order chi connectivity index (χ0) is 14.5. The number of rotatable bonds is 5. The van der Waals surface area contributed by atoms with Gasteiger partial charge in [0, 0.05) is 12.5 Å². The number of ether oxygens (including phenoxy) is 1. The molecule has 0 fully saturated rings. The quantitative estimate of drug-likeness (QED) is 0.668. The van der Waals surface area contributed by atoms with Crippen molar-refractivity contribution in [3.05, 3.63) is 35.4 Å². The topological polar surface area (TPSA) is 95.9 Å². The number of fused-ring (bicyclic) bond motifs is 1. The van der Waals surface area contributed by atoms with Gasteiger partial charge in [-0.05, 0) is 29.3 Å². The van der Waals surface area contributed by atoms with Crippen LogP contribution in [0.4, 0.5) is 0 Å². The fraction of sp³-hybridized carbons (Fsp3) is 0.286. The monoisotopic (exact) mass is 277 g/mol. The molecule has 0 spiro atoms. The molecule has 6 heteroatoms. The number of carbonyl (C=O) groups is 2. The van der Waals surface area contributed by atoms with E-state index in [1.807, 2.05) is 18.2 Å². The molecule has 0 bridgehead atoms. The van der Waals surface area contributed by atoms with Crippen LogP contribution in [0.15, 0.2) is 24.3 Å². The molecule has 0 radical (unpaired) electrons. The molecule has 1 amide bonds. The number of amides is 1. The Morgan fingerprint density at radius 3 is 3.00 bits per heavy atom. The largest absolute Gasteiger partial charge is 0.493 e. The van der Waals surface area contributed by atoms with E-state index < -0.39 is 18.0 Å². The predicted octanol–water partition coefficient (Wildman–Crippen LogP) is 0.196. The number of carboxylic acids is 1. The Balaban J connectivity index is 1.89. The highest BCUT2D eigenvalue weighted by Gasteiger charge is 2.13. The summed E-state index contributed by atoms with van der Waals surface area (Å²) >= 11 is 0. The molecule has 0 aliphatic carbocycles. The summed E-state index contributed by atoms with van der Waals surface area (Å²) in [6.45, 7) is 0.354. The summed E-state index contributed by atoms with van der Waals surface area (Å²) in [7, 11) is 0. The molecule has 2 rings (SSSR count). The molecule has 0 unspecified atom stereocenters. The molecule has 0 saturated heterocycles. The van der Waals surface area contributed by atoms with Crippen molar-refractivity contribution in [3.63, 3.8) is 0 Å². The van der Waals surface area contributed by atoms with Crippen molar-refractivity contribution < 1.29 is 24.5 Å². The van der Waals surface area contributed by atoms with Gasteiger partial charge in [0.15, 0.2) is 6.10 Å². The van der Waals surface area contributed by atoms with Crippen molar-refractivity contribution in [2.24, 2.45) is 0 Å². The fourth-order valence-corrected chi connectivity index (χ4v) is 1.83. The maximum atomic E-state index is 11.5. The minimum absolute atomic E-state index is 0.323. The first-order valence-electron chi connectivity index (χ1n) is 6.19. The molecule has 106 valence electrons. The minimum atomic E-state index is -1.59. The van der Waals surface area contributed by atoms with E-state index >= 15 is 0 Å². The molecule has 1 aliphatic rings. The van der Waals surface area contributed by atoms with Gasteiger partial charge in [0.25, 0.3) is 0 Å². The average molecular weight is 277 g/mol. The van der Waals surface area contributed by atoms with Crippen LogP contribution in [0.25, 0.3) is 6.08 Å². The third-order valence-electron chi connectivity index (χ3n) is 2.90. The van der Waals surface area contributed by atoms with E-state index in [0.29, 0.717) is 6.61 Å². The standard InChI is InChI=1S/C14H15NO5/c16-11(14(18)19)8-15-13(17)4-2-9-1-3-12-10(7-9)5-6-20-12/h1-4,7,11,16H,5-6,8H2,(H,15,17)(H,18,19)/b4-2+/t11-/m0/s1. The Kier molecular flexibility index (Phi) is 4.37. The van der Waals surface area contributed by atoms with Gasteiger partial charge in [-0.2, -0.15) is 0 Å². The number of aliphatic hydroxyl groups excluding tert-OH is 1. The maximum Gasteiger partial charge on any atom is 0.334 e. The van der Waals surface area contributed by atoms with Gasteiger partial charge in [-0.15, -0.1) is 0 Å². The number of benzene rings is 1. The highest BCUT2D eigenvalue weighted by Crippen LogP contribution is 2.26. The lowest BCUT2D eigenvalue weighted by molar-refractivity contribution is -0.146. The van der Waals surface area contributed by atoms with Gasteiger partial charge in [-0.1, -0.05) is 6.07 Å². The van der Waals surface area contributed by atoms with Crippen molar-refractivity contribution >= 4 is 18.0 Å². The lowest BCUT2D eigenvalue weighted by Crippen LogP contribution is -2.35. The molecule has 6 nitrogen and oxygen atoms in total. The lowest BCUT2D eigenvalue weighted by Gasteiger charge is -2.05. The van der Waals surface area contributed by atoms with Crippen molar-refractivity contribution in [2.75, 3.05) is 13.2 Å². The van der Waals surface area contributed by atoms with Gasteiger partial charge in [0.1, 0.15) is 5.75 Å². The van der Waals surface area contributed by atoms with E-state index in [-0.39, 0.29) is 6.54 Å². The summed E-state index contributed by atoms with van der Waals surface area (Å²) in [6, 6.07) is 5.63. The third kappa shape index (κ3) is 3.58. The second-order valence-electron chi connectivity index (χ2n) is 4.40. The smallest absolute Gasteiger partial charge is 0.334 e. The van der Waals surface area contributed by atoms with Gasteiger partial charge in [0.2, 0.25) is 5.91 Å². The van der Waals surface area contributed by atoms with Crippen LogP contribution in [0.3, 0.4) is 0 Å². The molecule has 1 aliphatic heterocycles. The SMILES string of the molecule is O=C(/C=C/c1ccc2c(c1)CCO2)NC[C@H](O)C(=O)O. The van der Waals surface area contributed by atoms with Crippen molar-refractivity contribution in [1.29, 1.82) is 0 Å². The molecule has 1 atom stereocenters. The highest BCUT2D eigenvalue weighted by molar-refractivity contribution is 5.92. The molecule has 1 heterocycles. The Labute approximate surface area is 115 Å². The number of carbonyl (C=O) groups excluding carboxylic acids is 1. The van der Waals surface area contributed by atoms with E-state index in [0.717, 1.165) is 23.3 Å². The maximum absolute atomic E-state index is 11.5. The molecule has 1 aromatic carbocycles.